The van der Waals surface area contributed by atoms with Crippen LogP contribution in [0.2, 0.25) is 0 Å². The summed E-state index contributed by atoms with van der Waals surface area (Å²) in [6, 6.07) is 3.40. The van der Waals surface area contributed by atoms with Crippen molar-refractivity contribution in [2.45, 2.75) is 25.8 Å². The highest BCUT2D eigenvalue weighted by atomic mass is 32.2. The lowest BCUT2D eigenvalue weighted by Crippen LogP contribution is -2.42. The minimum absolute atomic E-state index is 0.00124. The maximum absolute atomic E-state index is 12.5. The SMILES string of the molecule is CCN(C(=O)CCN1C(=O)S/C(=C\c2cccs2)C1=O)[C@@H]1CCS(=O)(=O)C1. The van der Waals surface area contributed by atoms with Crippen molar-refractivity contribution in [1.29, 1.82) is 0 Å². The number of sulfone groups is 1. The molecule has 1 aromatic heterocycles. The summed E-state index contributed by atoms with van der Waals surface area (Å²) in [5.74, 6) is -0.547. The monoisotopic (exact) mass is 428 g/mol. The second-order valence-electron chi connectivity index (χ2n) is 6.34. The predicted octanol–water partition coefficient (Wildman–Crippen LogP) is 2.21. The van der Waals surface area contributed by atoms with Crippen LogP contribution in [0.15, 0.2) is 22.4 Å². The van der Waals surface area contributed by atoms with Gasteiger partial charge in [0.2, 0.25) is 5.91 Å². The van der Waals surface area contributed by atoms with E-state index in [1.807, 2.05) is 17.5 Å². The highest BCUT2D eigenvalue weighted by Crippen LogP contribution is 2.33. The molecular formula is C17H20N2O5S3. The van der Waals surface area contributed by atoms with Crippen molar-refractivity contribution in [3.8, 4) is 0 Å². The molecule has 2 aliphatic rings. The molecule has 10 heteroatoms. The van der Waals surface area contributed by atoms with Crippen molar-refractivity contribution >= 4 is 56.1 Å². The number of nitrogens with zero attached hydrogens (tertiary/aromatic N) is 2. The van der Waals surface area contributed by atoms with E-state index in [1.54, 1.807) is 17.9 Å². The summed E-state index contributed by atoms with van der Waals surface area (Å²) in [6.07, 6.45) is 2.11. The second-order valence-corrected chi connectivity index (χ2v) is 10.5. The molecular weight excluding hydrogens is 408 g/mol. The first-order valence-electron chi connectivity index (χ1n) is 8.59. The van der Waals surface area contributed by atoms with Crippen LogP contribution in [0, 0.1) is 0 Å². The molecule has 2 fully saturated rings. The van der Waals surface area contributed by atoms with Gasteiger partial charge in [-0.3, -0.25) is 19.3 Å². The average molecular weight is 429 g/mol. The van der Waals surface area contributed by atoms with Crippen LogP contribution >= 0.6 is 23.1 Å². The third-order valence-corrected chi connectivity index (χ3v) is 8.03. The first-order chi connectivity index (χ1) is 12.8. The van der Waals surface area contributed by atoms with Gasteiger partial charge in [-0.25, -0.2) is 8.42 Å². The van der Waals surface area contributed by atoms with E-state index in [2.05, 4.69) is 0 Å². The molecule has 0 aliphatic carbocycles. The number of carbonyl (C=O) groups excluding carboxylic acids is 3. The smallest absolute Gasteiger partial charge is 0.293 e. The van der Waals surface area contributed by atoms with Gasteiger partial charge in [0.25, 0.3) is 11.1 Å². The Hall–Kier alpha value is -1.65. The zero-order valence-corrected chi connectivity index (χ0v) is 17.2. The van der Waals surface area contributed by atoms with E-state index >= 15 is 0 Å². The van der Waals surface area contributed by atoms with Gasteiger partial charge in [-0.15, -0.1) is 11.3 Å². The summed E-state index contributed by atoms with van der Waals surface area (Å²) < 4.78 is 23.3. The van der Waals surface area contributed by atoms with E-state index in [1.165, 1.54) is 11.3 Å². The van der Waals surface area contributed by atoms with E-state index in [9.17, 15) is 22.8 Å². The highest BCUT2D eigenvalue weighted by molar-refractivity contribution is 8.18. The average Bonchev–Trinajstić information content (AvgIpc) is 3.29. The molecule has 2 aliphatic heterocycles. The number of carbonyl (C=O) groups is 3. The van der Waals surface area contributed by atoms with Crippen molar-refractivity contribution in [2.24, 2.45) is 0 Å². The van der Waals surface area contributed by atoms with Crippen LogP contribution in [0.3, 0.4) is 0 Å². The molecule has 0 N–H and O–H groups in total. The Bertz CT molecular complexity index is 876. The van der Waals surface area contributed by atoms with Gasteiger partial charge in [-0.2, -0.15) is 0 Å². The Morgan fingerprint density at radius 2 is 2.19 bits per heavy atom. The van der Waals surface area contributed by atoms with Gasteiger partial charge >= 0.3 is 0 Å². The Morgan fingerprint density at radius 3 is 2.78 bits per heavy atom. The number of thioether (sulfide) groups is 1. The van der Waals surface area contributed by atoms with Gasteiger partial charge in [0, 0.05) is 30.4 Å². The molecule has 7 nitrogen and oxygen atoms in total. The molecule has 146 valence electrons. The lowest BCUT2D eigenvalue weighted by atomic mass is 10.2. The number of amides is 3. The van der Waals surface area contributed by atoms with Crippen molar-refractivity contribution in [3.63, 3.8) is 0 Å². The molecule has 0 radical (unpaired) electrons. The summed E-state index contributed by atoms with van der Waals surface area (Å²) >= 11 is 2.34. The topological polar surface area (TPSA) is 91.8 Å². The minimum Gasteiger partial charge on any atom is -0.339 e. The highest BCUT2D eigenvalue weighted by Gasteiger charge is 2.37. The second kappa shape index (κ2) is 8.15. The van der Waals surface area contributed by atoms with Crippen molar-refractivity contribution in [1.82, 2.24) is 9.80 Å². The minimum atomic E-state index is -3.09. The molecule has 1 atom stereocenters. The largest absolute Gasteiger partial charge is 0.339 e. The molecule has 0 spiro atoms. The summed E-state index contributed by atoms with van der Waals surface area (Å²) in [5.41, 5.74) is 0. The first kappa shape index (κ1) is 20.1. The number of hydrogen-bond donors (Lipinski definition) is 0. The number of thiophene rings is 1. The number of hydrogen-bond acceptors (Lipinski definition) is 7. The molecule has 27 heavy (non-hydrogen) atoms. The summed E-state index contributed by atoms with van der Waals surface area (Å²) in [5, 5.41) is 1.50. The molecule has 3 heterocycles. The Balaban J connectivity index is 1.61. The fourth-order valence-electron chi connectivity index (χ4n) is 3.21. The van der Waals surface area contributed by atoms with Crippen molar-refractivity contribution in [2.75, 3.05) is 24.6 Å². The van der Waals surface area contributed by atoms with Crippen molar-refractivity contribution < 1.29 is 22.8 Å². The van der Waals surface area contributed by atoms with Crippen LogP contribution < -0.4 is 0 Å². The Labute approximate surface area is 166 Å². The molecule has 0 saturated carbocycles. The van der Waals surface area contributed by atoms with E-state index in [0.29, 0.717) is 17.9 Å². The van der Waals surface area contributed by atoms with Crippen LogP contribution in [-0.4, -0.2) is 65.9 Å². The summed E-state index contributed by atoms with van der Waals surface area (Å²) in [7, 11) is -3.09. The third kappa shape index (κ3) is 4.61. The van der Waals surface area contributed by atoms with Gasteiger partial charge in [-0.1, -0.05) is 6.07 Å². The molecule has 3 amide bonds. The van der Waals surface area contributed by atoms with Crippen LogP contribution in [0.5, 0.6) is 0 Å². The van der Waals surface area contributed by atoms with E-state index in [-0.39, 0.29) is 41.7 Å². The predicted molar refractivity (Wildman–Crippen MR) is 106 cm³/mol. The lowest BCUT2D eigenvalue weighted by molar-refractivity contribution is -0.133. The molecule has 0 aromatic carbocycles. The normalized spacial score (nSPS) is 23.4. The molecule has 0 unspecified atom stereocenters. The van der Waals surface area contributed by atoms with Crippen LogP contribution in [0.4, 0.5) is 4.79 Å². The molecule has 3 rings (SSSR count). The van der Waals surface area contributed by atoms with Crippen LogP contribution in [-0.2, 0) is 19.4 Å². The zero-order chi connectivity index (χ0) is 19.6. The molecule has 2 saturated heterocycles. The summed E-state index contributed by atoms with van der Waals surface area (Å²) in [6.45, 7) is 2.20. The first-order valence-corrected chi connectivity index (χ1v) is 12.1. The van der Waals surface area contributed by atoms with Gasteiger partial charge in [0.15, 0.2) is 9.84 Å². The lowest BCUT2D eigenvalue weighted by Gasteiger charge is -2.27. The number of rotatable bonds is 6. The Kier molecular flexibility index (Phi) is 6.07. The molecule has 0 bridgehead atoms. The zero-order valence-electron chi connectivity index (χ0n) is 14.8. The van der Waals surface area contributed by atoms with Crippen LogP contribution in [0.25, 0.3) is 6.08 Å². The summed E-state index contributed by atoms with van der Waals surface area (Å²) in [4.78, 5) is 41.0. The third-order valence-electron chi connectivity index (χ3n) is 4.55. The fraction of sp³-hybridized carbons (Fsp3) is 0.471. The van der Waals surface area contributed by atoms with Gasteiger partial charge in [-0.05, 0) is 42.6 Å². The van der Waals surface area contributed by atoms with Gasteiger partial charge in [0.1, 0.15) is 0 Å². The standard InChI is InChI=1S/C17H20N2O5S3/c1-2-18(12-6-9-27(23,24)11-12)15(20)5-7-19-16(21)14(26-17(19)22)10-13-4-3-8-25-13/h3-4,8,10,12H,2,5-7,9,11H2,1H3/b14-10-/t12-/m1/s1. The maximum atomic E-state index is 12.5. The van der Waals surface area contributed by atoms with E-state index < -0.39 is 15.7 Å². The van der Waals surface area contributed by atoms with Crippen LogP contribution in [0.1, 0.15) is 24.6 Å². The van der Waals surface area contributed by atoms with E-state index in [4.69, 9.17) is 0 Å². The maximum Gasteiger partial charge on any atom is 0.293 e. The fourth-order valence-corrected chi connectivity index (χ4v) is 6.52. The van der Waals surface area contributed by atoms with Crippen molar-refractivity contribution in [3.05, 3.63) is 27.3 Å². The molecule has 1 aromatic rings. The van der Waals surface area contributed by atoms with E-state index in [0.717, 1.165) is 21.5 Å². The quantitative estimate of drug-likeness (QED) is 0.645. The van der Waals surface area contributed by atoms with Gasteiger partial charge in [0.05, 0.1) is 16.4 Å². The number of imide groups is 1. The Morgan fingerprint density at radius 1 is 1.41 bits per heavy atom. The van der Waals surface area contributed by atoms with Gasteiger partial charge < -0.3 is 4.90 Å².